The van der Waals surface area contributed by atoms with Crippen LogP contribution in [0, 0.1) is 5.92 Å². The zero-order chi connectivity index (χ0) is 16.6. The summed E-state index contributed by atoms with van der Waals surface area (Å²) >= 11 is 0. The van der Waals surface area contributed by atoms with Gasteiger partial charge in [0.1, 0.15) is 5.82 Å². The molecule has 0 aliphatic carbocycles. The third-order valence-electron chi connectivity index (χ3n) is 4.56. The van der Waals surface area contributed by atoms with Gasteiger partial charge in [0.15, 0.2) is 0 Å². The van der Waals surface area contributed by atoms with E-state index in [9.17, 15) is 9.59 Å². The summed E-state index contributed by atoms with van der Waals surface area (Å²) in [5.41, 5.74) is 0.794. The van der Waals surface area contributed by atoms with Crippen molar-refractivity contribution in [3.8, 4) is 0 Å². The Hall–Kier alpha value is -2.11. The Morgan fingerprint density at radius 1 is 1.26 bits per heavy atom. The summed E-state index contributed by atoms with van der Waals surface area (Å²) in [7, 11) is 0. The first-order valence-electron chi connectivity index (χ1n) is 8.26. The van der Waals surface area contributed by atoms with Crippen LogP contribution in [0.25, 0.3) is 0 Å². The van der Waals surface area contributed by atoms with Crippen LogP contribution >= 0.6 is 0 Å². The van der Waals surface area contributed by atoms with E-state index in [2.05, 4.69) is 9.55 Å². The first-order chi connectivity index (χ1) is 11.0. The Kier molecular flexibility index (Phi) is 4.24. The molecule has 2 aliphatic heterocycles. The van der Waals surface area contributed by atoms with Crippen LogP contribution in [0.5, 0.6) is 0 Å². The molecule has 1 aromatic rings. The van der Waals surface area contributed by atoms with Gasteiger partial charge in [-0.3, -0.25) is 9.59 Å². The second kappa shape index (κ2) is 6.18. The molecule has 0 N–H and O–H groups in total. The van der Waals surface area contributed by atoms with Gasteiger partial charge in [-0.05, 0) is 6.92 Å². The molecule has 0 unspecified atom stereocenters. The molecule has 0 aromatic carbocycles. The number of carbonyl (C=O) groups excluding carboxylic acids is 2. The third-order valence-corrected chi connectivity index (χ3v) is 4.56. The quantitative estimate of drug-likeness (QED) is 0.792. The minimum absolute atomic E-state index is 0.0114. The van der Waals surface area contributed by atoms with Crippen LogP contribution in [0.1, 0.15) is 38.3 Å². The molecule has 124 valence electrons. The summed E-state index contributed by atoms with van der Waals surface area (Å²) in [5, 5.41) is 0. The van der Waals surface area contributed by atoms with Crippen molar-refractivity contribution in [1.29, 1.82) is 0 Å². The number of carbonyl (C=O) groups is 2. The molecule has 2 amide bonds. The molecule has 0 fully saturated rings. The zero-order valence-corrected chi connectivity index (χ0v) is 14.0. The first kappa shape index (κ1) is 15.8. The molecule has 0 spiro atoms. The number of fused-ring (bicyclic) bond motifs is 1. The summed E-state index contributed by atoms with van der Waals surface area (Å²) in [6.45, 7) is 8.68. The highest BCUT2D eigenvalue weighted by Crippen LogP contribution is 2.26. The summed E-state index contributed by atoms with van der Waals surface area (Å²) in [6.07, 6.45) is 6.30. The van der Waals surface area contributed by atoms with Gasteiger partial charge in [0, 0.05) is 38.3 Å². The molecule has 6 nitrogen and oxygen atoms in total. The molecular formula is C17H24N4O2. The van der Waals surface area contributed by atoms with Crippen molar-refractivity contribution >= 4 is 11.8 Å². The lowest BCUT2D eigenvalue weighted by Crippen LogP contribution is -2.42. The van der Waals surface area contributed by atoms with Crippen LogP contribution in [-0.4, -0.2) is 50.8 Å². The Bertz CT molecular complexity index is 639. The summed E-state index contributed by atoms with van der Waals surface area (Å²) in [4.78, 5) is 32.9. The second-order valence-electron chi connectivity index (χ2n) is 6.59. The molecule has 1 aromatic heterocycles. The van der Waals surface area contributed by atoms with Gasteiger partial charge in [-0.15, -0.1) is 0 Å². The molecule has 2 aliphatic rings. The van der Waals surface area contributed by atoms with Gasteiger partial charge in [0.2, 0.25) is 11.8 Å². The van der Waals surface area contributed by atoms with Gasteiger partial charge in [0.05, 0.1) is 18.2 Å². The van der Waals surface area contributed by atoms with Crippen LogP contribution in [0.2, 0.25) is 0 Å². The fourth-order valence-corrected chi connectivity index (χ4v) is 3.21. The minimum atomic E-state index is -0.0454. The van der Waals surface area contributed by atoms with E-state index in [1.807, 2.05) is 48.9 Å². The topological polar surface area (TPSA) is 58.4 Å². The Morgan fingerprint density at radius 3 is 2.61 bits per heavy atom. The first-order valence-corrected chi connectivity index (χ1v) is 8.26. The minimum Gasteiger partial charge on any atom is -0.335 e. The Labute approximate surface area is 136 Å². The summed E-state index contributed by atoms with van der Waals surface area (Å²) < 4.78 is 2.08. The Morgan fingerprint density at radius 2 is 1.96 bits per heavy atom. The molecule has 0 radical (unpaired) electrons. The molecule has 0 saturated carbocycles. The van der Waals surface area contributed by atoms with E-state index in [0.717, 1.165) is 18.1 Å². The predicted molar refractivity (Wildman–Crippen MR) is 86.6 cm³/mol. The highest BCUT2D eigenvalue weighted by molar-refractivity contribution is 5.79. The smallest absolute Gasteiger partial charge is 0.229 e. The predicted octanol–water partition coefficient (Wildman–Crippen LogP) is 1.38. The van der Waals surface area contributed by atoms with Crippen molar-refractivity contribution in [2.24, 2.45) is 5.92 Å². The fourth-order valence-electron chi connectivity index (χ4n) is 3.21. The molecule has 0 saturated heterocycles. The van der Waals surface area contributed by atoms with Crippen molar-refractivity contribution < 1.29 is 9.59 Å². The standard InChI is InChI=1S/C17H24N4O2/c1-12(2)17(23)21-9-8-20-11-14(18-16(20)13(21)3)10-15(22)19-6-4-5-7-19/h4-5,11-13H,6-10H2,1-3H3/t13-/m0/s1. The van der Waals surface area contributed by atoms with Gasteiger partial charge >= 0.3 is 0 Å². The zero-order valence-electron chi connectivity index (χ0n) is 14.0. The summed E-state index contributed by atoms with van der Waals surface area (Å²) in [5.74, 6) is 1.14. The molecule has 23 heavy (non-hydrogen) atoms. The van der Waals surface area contributed by atoms with E-state index in [1.54, 1.807) is 0 Å². The number of aromatic nitrogens is 2. The normalized spacial score (nSPS) is 20.3. The largest absolute Gasteiger partial charge is 0.335 e. The summed E-state index contributed by atoms with van der Waals surface area (Å²) in [6, 6.07) is -0.0454. The van der Waals surface area contributed by atoms with Crippen LogP contribution in [0.15, 0.2) is 18.3 Å². The lowest BCUT2D eigenvalue weighted by Gasteiger charge is -2.34. The maximum atomic E-state index is 12.3. The van der Waals surface area contributed by atoms with E-state index in [1.165, 1.54) is 0 Å². The lowest BCUT2D eigenvalue weighted by atomic mass is 10.1. The van der Waals surface area contributed by atoms with Crippen molar-refractivity contribution in [2.75, 3.05) is 19.6 Å². The van der Waals surface area contributed by atoms with E-state index >= 15 is 0 Å². The number of hydrogen-bond donors (Lipinski definition) is 0. The number of amides is 2. The monoisotopic (exact) mass is 316 g/mol. The van der Waals surface area contributed by atoms with Gasteiger partial charge in [0.25, 0.3) is 0 Å². The van der Waals surface area contributed by atoms with Crippen LogP contribution in [0.3, 0.4) is 0 Å². The van der Waals surface area contributed by atoms with Crippen LogP contribution in [-0.2, 0) is 22.6 Å². The van der Waals surface area contributed by atoms with E-state index in [4.69, 9.17) is 0 Å². The van der Waals surface area contributed by atoms with Crippen molar-refractivity contribution in [3.63, 3.8) is 0 Å². The van der Waals surface area contributed by atoms with E-state index in [-0.39, 0.29) is 23.8 Å². The fraction of sp³-hybridized carbons (Fsp3) is 0.588. The van der Waals surface area contributed by atoms with Gasteiger partial charge < -0.3 is 14.4 Å². The highest BCUT2D eigenvalue weighted by atomic mass is 16.2. The molecular weight excluding hydrogens is 292 g/mol. The van der Waals surface area contributed by atoms with Crippen molar-refractivity contribution in [2.45, 2.75) is 39.8 Å². The molecule has 3 rings (SSSR count). The number of rotatable bonds is 3. The highest BCUT2D eigenvalue weighted by Gasteiger charge is 2.31. The number of hydrogen-bond acceptors (Lipinski definition) is 3. The van der Waals surface area contributed by atoms with Crippen molar-refractivity contribution in [1.82, 2.24) is 19.4 Å². The average molecular weight is 316 g/mol. The molecule has 3 heterocycles. The molecule has 6 heteroatoms. The Balaban J connectivity index is 1.72. The maximum Gasteiger partial charge on any atom is 0.229 e. The van der Waals surface area contributed by atoms with Gasteiger partial charge in [-0.25, -0.2) is 4.98 Å². The maximum absolute atomic E-state index is 12.3. The van der Waals surface area contributed by atoms with E-state index in [0.29, 0.717) is 26.1 Å². The SMILES string of the molecule is CC(C)C(=O)N1CCn2cc(CC(=O)N3CC=CC3)nc2[C@@H]1C. The average Bonchev–Trinajstić information content (AvgIpc) is 3.16. The van der Waals surface area contributed by atoms with E-state index < -0.39 is 0 Å². The number of nitrogens with zero attached hydrogens (tertiary/aromatic N) is 4. The van der Waals surface area contributed by atoms with Crippen molar-refractivity contribution in [3.05, 3.63) is 29.9 Å². The van der Waals surface area contributed by atoms with Crippen LogP contribution < -0.4 is 0 Å². The second-order valence-corrected chi connectivity index (χ2v) is 6.59. The number of imidazole rings is 1. The van der Waals surface area contributed by atoms with Crippen LogP contribution in [0.4, 0.5) is 0 Å². The molecule has 1 atom stereocenters. The lowest BCUT2D eigenvalue weighted by molar-refractivity contribution is -0.137. The third kappa shape index (κ3) is 3.02. The van der Waals surface area contributed by atoms with Gasteiger partial charge in [-0.1, -0.05) is 26.0 Å². The molecule has 0 bridgehead atoms. The van der Waals surface area contributed by atoms with Gasteiger partial charge in [-0.2, -0.15) is 0 Å².